The highest BCUT2D eigenvalue weighted by molar-refractivity contribution is 7.28. The molecule has 4 heteroatoms. The minimum atomic E-state index is -0.305. The second kappa shape index (κ2) is 6.28. The van der Waals surface area contributed by atoms with Crippen molar-refractivity contribution in [3.05, 3.63) is 12.1 Å². The van der Waals surface area contributed by atoms with Gasteiger partial charge in [-0.05, 0) is 62.3 Å². The minimum Gasteiger partial charge on any atom is -0.517 e. The van der Waals surface area contributed by atoms with Crippen molar-refractivity contribution in [3.8, 4) is 17.2 Å². The topological polar surface area (TPSA) is 27.7 Å². The molecule has 3 nitrogen and oxygen atoms in total. The maximum Gasteiger partial charge on any atom is 0.127 e. The van der Waals surface area contributed by atoms with E-state index in [1.54, 1.807) is 0 Å². The number of rotatable bonds is 3. The van der Waals surface area contributed by atoms with E-state index in [2.05, 4.69) is 9.24 Å². The van der Waals surface area contributed by atoms with E-state index in [-0.39, 0.29) is 16.8 Å². The number of hydrogen-bond donors (Lipinski definition) is 0. The predicted molar refractivity (Wildman–Crippen MR) is 95.5 cm³/mol. The molecule has 0 saturated carbocycles. The van der Waals surface area contributed by atoms with Gasteiger partial charge in [-0.25, -0.2) is 0 Å². The summed E-state index contributed by atoms with van der Waals surface area (Å²) >= 11 is 0. The van der Waals surface area contributed by atoms with Gasteiger partial charge in [0.15, 0.2) is 0 Å². The molecule has 0 aliphatic heterocycles. The first-order valence-corrected chi connectivity index (χ1v) is 8.13. The number of benzene rings is 1. The average molecular weight is 325 g/mol. The van der Waals surface area contributed by atoms with Crippen LogP contribution in [0.25, 0.3) is 0 Å². The van der Waals surface area contributed by atoms with Crippen LogP contribution in [0, 0.1) is 0 Å². The molecular formula is C18H30O3P-. The lowest BCUT2D eigenvalue weighted by atomic mass is 10.1. The Hall–Kier alpha value is -0.950. The van der Waals surface area contributed by atoms with E-state index < -0.39 is 0 Å². The van der Waals surface area contributed by atoms with Crippen molar-refractivity contribution in [2.75, 3.05) is 0 Å². The average Bonchev–Trinajstić information content (AvgIpc) is 2.18. The van der Waals surface area contributed by atoms with Crippen LogP contribution in [0.3, 0.4) is 0 Å². The highest BCUT2D eigenvalue weighted by Crippen LogP contribution is 2.33. The van der Waals surface area contributed by atoms with E-state index >= 15 is 0 Å². The molecule has 0 fully saturated rings. The Morgan fingerprint density at radius 2 is 0.955 bits per heavy atom. The van der Waals surface area contributed by atoms with Crippen molar-refractivity contribution < 1.29 is 14.2 Å². The fraction of sp³-hybridized carbons (Fsp3) is 0.667. The van der Waals surface area contributed by atoms with Crippen molar-refractivity contribution in [1.29, 1.82) is 0 Å². The Kier molecular flexibility index (Phi) is 5.45. The highest BCUT2D eigenvalue weighted by Gasteiger charge is 2.20. The molecule has 0 atom stereocenters. The Morgan fingerprint density at radius 1 is 0.636 bits per heavy atom. The molecule has 0 saturated heterocycles. The van der Waals surface area contributed by atoms with Crippen molar-refractivity contribution >= 4 is 14.5 Å². The van der Waals surface area contributed by atoms with Crippen LogP contribution in [0.5, 0.6) is 17.2 Å². The van der Waals surface area contributed by atoms with Gasteiger partial charge >= 0.3 is 0 Å². The van der Waals surface area contributed by atoms with Crippen LogP contribution in [0.15, 0.2) is 12.1 Å². The van der Waals surface area contributed by atoms with Crippen LogP contribution in [0.4, 0.5) is 0 Å². The summed E-state index contributed by atoms with van der Waals surface area (Å²) in [6.07, 6.45) is 0. The maximum atomic E-state index is 6.03. The summed E-state index contributed by atoms with van der Waals surface area (Å²) in [6.45, 7) is 18.1. The van der Waals surface area contributed by atoms with E-state index in [0.29, 0.717) is 11.5 Å². The largest absolute Gasteiger partial charge is 0.517 e. The lowest BCUT2D eigenvalue weighted by Crippen LogP contribution is -2.29. The van der Waals surface area contributed by atoms with Crippen LogP contribution >= 0.6 is 9.24 Å². The summed E-state index contributed by atoms with van der Waals surface area (Å²) in [6, 6.07) is 3.79. The van der Waals surface area contributed by atoms with Crippen LogP contribution in [-0.2, 0) is 0 Å². The van der Waals surface area contributed by atoms with Crippen LogP contribution in [-0.4, -0.2) is 16.8 Å². The fourth-order valence-corrected chi connectivity index (χ4v) is 2.05. The molecule has 126 valence electrons. The fourth-order valence-electron chi connectivity index (χ4n) is 1.80. The second-order valence-corrected chi connectivity index (χ2v) is 8.94. The van der Waals surface area contributed by atoms with Crippen molar-refractivity contribution in [1.82, 2.24) is 0 Å². The SMILES string of the molecule is CC(C)(C)Oc1cc(OC(C)(C)C)c([PH-])c(OC(C)(C)C)c1. The Labute approximate surface area is 137 Å². The first-order valence-electron chi connectivity index (χ1n) is 7.63. The third-order valence-corrected chi connectivity index (χ3v) is 2.79. The lowest BCUT2D eigenvalue weighted by molar-refractivity contribution is 0.114. The van der Waals surface area contributed by atoms with E-state index in [0.717, 1.165) is 11.1 Å². The molecule has 1 aromatic carbocycles. The zero-order valence-corrected chi connectivity index (χ0v) is 16.4. The molecule has 0 bridgehead atoms. The third-order valence-electron chi connectivity index (χ3n) is 2.30. The smallest absolute Gasteiger partial charge is 0.127 e. The Bertz CT molecular complexity index is 480. The van der Waals surface area contributed by atoms with Crippen LogP contribution < -0.4 is 19.5 Å². The molecule has 0 unspecified atom stereocenters. The molecule has 0 amide bonds. The Balaban J connectivity index is 3.30. The molecule has 0 heterocycles. The molecule has 0 aliphatic carbocycles. The minimum absolute atomic E-state index is 0.286. The van der Waals surface area contributed by atoms with Gasteiger partial charge < -0.3 is 23.5 Å². The van der Waals surface area contributed by atoms with Crippen molar-refractivity contribution in [2.24, 2.45) is 0 Å². The number of hydrogen-bond acceptors (Lipinski definition) is 3. The van der Waals surface area contributed by atoms with Crippen molar-refractivity contribution in [2.45, 2.75) is 79.1 Å². The van der Waals surface area contributed by atoms with Gasteiger partial charge in [0.1, 0.15) is 22.6 Å². The molecular weight excluding hydrogens is 295 g/mol. The lowest BCUT2D eigenvalue weighted by Gasteiger charge is -2.31. The van der Waals surface area contributed by atoms with Crippen LogP contribution in [0.1, 0.15) is 62.3 Å². The maximum absolute atomic E-state index is 6.03. The molecule has 0 N–H and O–H groups in total. The van der Waals surface area contributed by atoms with E-state index in [1.165, 1.54) is 0 Å². The first kappa shape index (κ1) is 19.1. The van der Waals surface area contributed by atoms with E-state index in [4.69, 9.17) is 14.2 Å². The summed E-state index contributed by atoms with van der Waals surface area (Å²) in [5.74, 6) is 2.16. The summed E-state index contributed by atoms with van der Waals surface area (Å²) in [5, 5.41) is 0.797. The molecule has 0 spiro atoms. The van der Waals surface area contributed by atoms with Gasteiger partial charge in [0.25, 0.3) is 0 Å². The Morgan fingerprint density at radius 3 is 1.23 bits per heavy atom. The third kappa shape index (κ3) is 6.87. The van der Waals surface area contributed by atoms with E-state index in [9.17, 15) is 0 Å². The first-order chi connectivity index (χ1) is 9.66. The monoisotopic (exact) mass is 325 g/mol. The second-order valence-electron chi connectivity index (χ2n) is 8.44. The summed E-state index contributed by atoms with van der Waals surface area (Å²) in [7, 11) is 3.65. The summed E-state index contributed by atoms with van der Waals surface area (Å²) < 4.78 is 18.1. The van der Waals surface area contributed by atoms with Gasteiger partial charge in [-0.15, -0.1) is 5.30 Å². The van der Waals surface area contributed by atoms with Crippen LogP contribution in [0.2, 0.25) is 0 Å². The van der Waals surface area contributed by atoms with Gasteiger partial charge in [-0.2, -0.15) is 0 Å². The molecule has 1 rings (SSSR count). The quantitative estimate of drug-likeness (QED) is 0.733. The van der Waals surface area contributed by atoms with Gasteiger partial charge in [0.2, 0.25) is 0 Å². The van der Waals surface area contributed by atoms with Gasteiger partial charge in [0.05, 0.1) is 11.5 Å². The molecule has 0 aliphatic rings. The zero-order chi connectivity index (χ0) is 17.3. The predicted octanol–water partition coefficient (Wildman–Crippen LogP) is 4.99. The normalized spacial score (nSPS) is 13.0. The van der Waals surface area contributed by atoms with E-state index in [1.807, 2.05) is 74.4 Å². The standard InChI is InChI=1S/C18H30O3P/c1-16(2,3)19-12-10-13(20-17(4,5)6)15(22)14(11-12)21-18(7,8)9/h10-11,22H,1-9H3/q-1. The van der Waals surface area contributed by atoms with Crippen molar-refractivity contribution in [3.63, 3.8) is 0 Å². The van der Waals surface area contributed by atoms with Gasteiger partial charge in [-0.3, -0.25) is 0 Å². The molecule has 22 heavy (non-hydrogen) atoms. The highest BCUT2D eigenvalue weighted by atomic mass is 31.0. The molecule has 0 radical (unpaired) electrons. The number of ether oxygens (including phenoxy) is 3. The van der Waals surface area contributed by atoms with Gasteiger partial charge in [-0.1, -0.05) is 0 Å². The molecule has 1 aromatic rings. The zero-order valence-electron chi connectivity index (χ0n) is 15.4. The summed E-state index contributed by atoms with van der Waals surface area (Å²) in [4.78, 5) is 0. The van der Waals surface area contributed by atoms with Gasteiger partial charge in [0, 0.05) is 12.1 Å². The summed E-state index contributed by atoms with van der Waals surface area (Å²) in [5.41, 5.74) is -0.896. The molecule has 0 aromatic heterocycles.